The predicted octanol–water partition coefficient (Wildman–Crippen LogP) is 1.40. The monoisotopic (exact) mass is 284 g/mol. The molecule has 0 saturated carbocycles. The van der Waals surface area contributed by atoms with E-state index in [0.717, 1.165) is 25.8 Å². The van der Waals surface area contributed by atoms with Crippen LogP contribution < -0.4 is 0 Å². The molecule has 2 atom stereocenters. The number of piperidine rings is 2. The molecule has 2 rings (SSSR count). The minimum Gasteiger partial charge on any atom is -0.481 e. The summed E-state index contributed by atoms with van der Waals surface area (Å²) in [5.74, 6) is -1.23. The van der Waals surface area contributed by atoms with Crippen LogP contribution in [0.1, 0.15) is 32.6 Å². The van der Waals surface area contributed by atoms with E-state index in [2.05, 4.69) is 0 Å². The highest BCUT2D eigenvalue weighted by Gasteiger charge is 2.36. The second kappa shape index (κ2) is 5.99. The smallest absolute Gasteiger partial charge is 0.320 e. The Morgan fingerprint density at radius 1 is 1.25 bits per heavy atom. The van der Waals surface area contributed by atoms with Gasteiger partial charge in [0.15, 0.2) is 0 Å². The lowest BCUT2D eigenvalue weighted by Crippen LogP contribution is -2.55. The van der Waals surface area contributed by atoms with Crippen LogP contribution >= 0.6 is 0 Å². The Bertz CT molecular complexity index is 387. The SMILES string of the molecule is COC1(C)CCCN(C(=O)N2CCC[C@H](C(=O)O)C2)C1. The number of hydrogen-bond acceptors (Lipinski definition) is 3. The van der Waals surface area contributed by atoms with Crippen molar-refractivity contribution < 1.29 is 19.4 Å². The van der Waals surface area contributed by atoms with Crippen molar-refractivity contribution in [1.29, 1.82) is 0 Å². The van der Waals surface area contributed by atoms with Gasteiger partial charge in [-0.05, 0) is 32.6 Å². The highest BCUT2D eigenvalue weighted by atomic mass is 16.5. The average Bonchev–Trinajstić information content (AvgIpc) is 2.46. The van der Waals surface area contributed by atoms with Gasteiger partial charge in [-0.15, -0.1) is 0 Å². The zero-order valence-electron chi connectivity index (χ0n) is 12.3. The summed E-state index contributed by atoms with van der Waals surface area (Å²) in [6, 6.07) is -0.0427. The number of aliphatic carboxylic acids is 1. The Balaban J connectivity index is 1.98. The van der Waals surface area contributed by atoms with E-state index in [9.17, 15) is 9.59 Å². The number of nitrogens with zero attached hydrogens (tertiary/aromatic N) is 2. The molecule has 2 aliphatic rings. The van der Waals surface area contributed by atoms with E-state index in [0.29, 0.717) is 26.1 Å². The zero-order chi connectivity index (χ0) is 14.8. The van der Waals surface area contributed by atoms with Crippen molar-refractivity contribution in [2.24, 2.45) is 5.92 Å². The van der Waals surface area contributed by atoms with Crippen LogP contribution in [0.4, 0.5) is 4.79 Å². The number of carboxylic acid groups (broad SMARTS) is 1. The van der Waals surface area contributed by atoms with Gasteiger partial charge in [0.25, 0.3) is 0 Å². The Hall–Kier alpha value is -1.30. The van der Waals surface area contributed by atoms with Crippen molar-refractivity contribution in [3.63, 3.8) is 0 Å². The molecule has 2 aliphatic heterocycles. The van der Waals surface area contributed by atoms with E-state index >= 15 is 0 Å². The maximum Gasteiger partial charge on any atom is 0.320 e. The maximum atomic E-state index is 12.5. The fourth-order valence-electron chi connectivity index (χ4n) is 3.09. The summed E-state index contributed by atoms with van der Waals surface area (Å²) in [7, 11) is 1.68. The fraction of sp³-hybridized carbons (Fsp3) is 0.857. The largest absolute Gasteiger partial charge is 0.481 e. The molecule has 1 unspecified atom stereocenters. The molecule has 2 saturated heterocycles. The Kier molecular flexibility index (Phi) is 4.52. The van der Waals surface area contributed by atoms with E-state index in [1.807, 2.05) is 6.92 Å². The molecule has 1 N–H and O–H groups in total. The summed E-state index contributed by atoms with van der Waals surface area (Å²) in [5, 5.41) is 9.10. The van der Waals surface area contributed by atoms with Crippen molar-refractivity contribution in [1.82, 2.24) is 9.80 Å². The third-order valence-corrected chi connectivity index (χ3v) is 4.46. The average molecular weight is 284 g/mol. The number of amides is 2. The van der Waals surface area contributed by atoms with Crippen molar-refractivity contribution in [3.8, 4) is 0 Å². The van der Waals surface area contributed by atoms with Gasteiger partial charge in [0.2, 0.25) is 0 Å². The molecule has 114 valence electrons. The summed E-state index contributed by atoms with van der Waals surface area (Å²) in [4.78, 5) is 27.1. The second-order valence-corrected chi connectivity index (χ2v) is 6.09. The van der Waals surface area contributed by atoms with Gasteiger partial charge in [-0.2, -0.15) is 0 Å². The van der Waals surface area contributed by atoms with Gasteiger partial charge in [0, 0.05) is 26.7 Å². The first-order valence-electron chi connectivity index (χ1n) is 7.27. The normalized spacial score (nSPS) is 31.2. The van der Waals surface area contributed by atoms with Gasteiger partial charge in [-0.1, -0.05) is 0 Å². The number of ether oxygens (including phenoxy) is 1. The third kappa shape index (κ3) is 3.23. The Morgan fingerprint density at radius 2 is 1.95 bits per heavy atom. The van der Waals surface area contributed by atoms with E-state index < -0.39 is 11.9 Å². The Labute approximate surface area is 119 Å². The third-order valence-electron chi connectivity index (χ3n) is 4.46. The van der Waals surface area contributed by atoms with Crippen LogP contribution in [0.15, 0.2) is 0 Å². The van der Waals surface area contributed by atoms with E-state index in [1.165, 1.54) is 0 Å². The topological polar surface area (TPSA) is 70.1 Å². The van der Waals surface area contributed by atoms with Crippen LogP contribution in [-0.2, 0) is 9.53 Å². The summed E-state index contributed by atoms with van der Waals surface area (Å²) in [6.45, 7) is 4.31. The summed E-state index contributed by atoms with van der Waals surface area (Å²) in [6.07, 6.45) is 3.30. The first-order valence-corrected chi connectivity index (χ1v) is 7.27. The standard InChI is InChI=1S/C14H24N2O4/c1-14(20-2)6-4-8-16(10-14)13(19)15-7-3-5-11(9-15)12(17)18/h11H,3-10H2,1-2H3,(H,17,18)/t11-,14?/m0/s1. The number of urea groups is 1. The van der Waals surface area contributed by atoms with E-state index in [-0.39, 0.29) is 11.6 Å². The van der Waals surface area contributed by atoms with Gasteiger partial charge in [0.05, 0.1) is 18.1 Å². The Morgan fingerprint density at radius 3 is 2.60 bits per heavy atom. The minimum absolute atomic E-state index is 0.0427. The number of carbonyl (C=O) groups is 2. The molecule has 2 amide bonds. The van der Waals surface area contributed by atoms with Crippen LogP contribution in [0.3, 0.4) is 0 Å². The first-order chi connectivity index (χ1) is 9.45. The number of methoxy groups -OCH3 is 1. The van der Waals surface area contributed by atoms with Crippen molar-refractivity contribution in [2.75, 3.05) is 33.3 Å². The van der Waals surface area contributed by atoms with Crippen molar-refractivity contribution >= 4 is 12.0 Å². The predicted molar refractivity (Wildman–Crippen MR) is 73.5 cm³/mol. The molecule has 0 bridgehead atoms. The molecule has 0 spiro atoms. The highest BCUT2D eigenvalue weighted by Crippen LogP contribution is 2.26. The number of likely N-dealkylation sites (tertiary alicyclic amines) is 2. The fourth-order valence-corrected chi connectivity index (χ4v) is 3.09. The zero-order valence-corrected chi connectivity index (χ0v) is 12.3. The molecule has 2 fully saturated rings. The minimum atomic E-state index is -0.803. The van der Waals surface area contributed by atoms with Gasteiger partial charge in [-0.3, -0.25) is 4.79 Å². The van der Waals surface area contributed by atoms with E-state index in [1.54, 1.807) is 16.9 Å². The van der Waals surface area contributed by atoms with Crippen LogP contribution in [0.5, 0.6) is 0 Å². The van der Waals surface area contributed by atoms with Crippen LogP contribution in [0.25, 0.3) is 0 Å². The number of rotatable bonds is 2. The van der Waals surface area contributed by atoms with Crippen molar-refractivity contribution in [2.45, 2.75) is 38.2 Å². The molecule has 0 aromatic carbocycles. The molecular weight excluding hydrogens is 260 g/mol. The summed E-state index contributed by atoms with van der Waals surface area (Å²) >= 11 is 0. The second-order valence-electron chi connectivity index (χ2n) is 6.09. The summed E-state index contributed by atoms with van der Waals surface area (Å²) in [5.41, 5.74) is -0.282. The molecule has 0 aliphatic carbocycles. The van der Waals surface area contributed by atoms with E-state index in [4.69, 9.17) is 9.84 Å². The lowest BCUT2D eigenvalue weighted by Gasteiger charge is -2.42. The van der Waals surface area contributed by atoms with Crippen LogP contribution in [0.2, 0.25) is 0 Å². The molecule has 6 nitrogen and oxygen atoms in total. The molecule has 6 heteroatoms. The number of carbonyl (C=O) groups excluding carboxylic acids is 1. The maximum absolute atomic E-state index is 12.5. The summed E-state index contributed by atoms with van der Waals surface area (Å²) < 4.78 is 5.50. The lowest BCUT2D eigenvalue weighted by molar-refractivity contribution is -0.143. The first kappa shape index (κ1) is 15.1. The molecule has 0 aromatic rings. The lowest BCUT2D eigenvalue weighted by atomic mass is 9.94. The number of hydrogen-bond donors (Lipinski definition) is 1. The highest BCUT2D eigenvalue weighted by molar-refractivity contribution is 5.77. The van der Waals surface area contributed by atoms with Gasteiger partial charge in [0.1, 0.15) is 0 Å². The molecular formula is C14H24N2O4. The van der Waals surface area contributed by atoms with Crippen molar-refractivity contribution in [3.05, 3.63) is 0 Å². The molecule has 0 radical (unpaired) electrons. The van der Waals surface area contributed by atoms with Gasteiger partial charge >= 0.3 is 12.0 Å². The quantitative estimate of drug-likeness (QED) is 0.832. The molecule has 0 aromatic heterocycles. The molecule has 20 heavy (non-hydrogen) atoms. The van der Waals surface area contributed by atoms with Gasteiger partial charge in [-0.25, -0.2) is 4.79 Å². The van der Waals surface area contributed by atoms with Gasteiger partial charge < -0.3 is 19.6 Å². The number of carboxylic acids is 1. The molecule has 2 heterocycles. The van der Waals surface area contributed by atoms with Crippen LogP contribution in [0, 0.1) is 5.92 Å². The van der Waals surface area contributed by atoms with Crippen LogP contribution in [-0.4, -0.2) is 65.8 Å².